The molecule has 2 aromatic rings. The number of rotatable bonds is 8. The third kappa shape index (κ3) is 4.95. The molecule has 1 aromatic heterocycles. The smallest absolute Gasteiger partial charge is 0.241 e. The fraction of sp³-hybridized carbons (Fsp3) is 0.526. The van der Waals surface area contributed by atoms with E-state index in [1.807, 2.05) is 41.5 Å². The van der Waals surface area contributed by atoms with Gasteiger partial charge in [0.25, 0.3) is 0 Å². The van der Waals surface area contributed by atoms with Crippen LogP contribution in [0.15, 0.2) is 4.90 Å². The standard InChI is InChI=1S/C19H28N4O3S2/c1-7-8-17-22-23-19(27-17)21-16(24)9-10-20-28(25,26)18-14(5)12(3)11(2)13(4)15(18)6/h20H,7-10H2,1-6H3,(H,21,23,24). The zero-order chi connectivity index (χ0) is 21.1. The second kappa shape index (κ2) is 9.11. The van der Waals surface area contributed by atoms with Gasteiger partial charge in [-0.1, -0.05) is 18.3 Å². The summed E-state index contributed by atoms with van der Waals surface area (Å²) < 4.78 is 28.2. The molecular weight excluding hydrogens is 396 g/mol. The second-order valence-corrected chi connectivity index (χ2v) is 9.67. The predicted octanol–water partition coefficient (Wildman–Crippen LogP) is 3.34. The lowest BCUT2D eigenvalue weighted by Crippen LogP contribution is -2.29. The third-order valence-corrected chi connectivity index (χ3v) is 7.65. The van der Waals surface area contributed by atoms with Crippen molar-refractivity contribution in [1.82, 2.24) is 14.9 Å². The average Bonchev–Trinajstić information content (AvgIpc) is 3.05. The Balaban J connectivity index is 2.03. The number of carbonyl (C=O) groups excluding carboxylic acids is 1. The first-order valence-electron chi connectivity index (χ1n) is 9.27. The van der Waals surface area contributed by atoms with E-state index in [1.54, 1.807) is 0 Å². The molecule has 0 radical (unpaired) electrons. The highest BCUT2D eigenvalue weighted by molar-refractivity contribution is 7.89. The van der Waals surface area contributed by atoms with Gasteiger partial charge in [0.15, 0.2) is 0 Å². The lowest BCUT2D eigenvalue weighted by molar-refractivity contribution is -0.116. The van der Waals surface area contributed by atoms with E-state index >= 15 is 0 Å². The normalized spacial score (nSPS) is 11.6. The molecule has 0 bridgehead atoms. The van der Waals surface area contributed by atoms with E-state index in [0.717, 1.165) is 45.7 Å². The molecule has 1 aromatic carbocycles. The maximum atomic E-state index is 12.8. The van der Waals surface area contributed by atoms with Gasteiger partial charge in [0.2, 0.25) is 21.1 Å². The Morgan fingerprint density at radius 3 is 2.11 bits per heavy atom. The molecule has 9 heteroatoms. The molecule has 1 amide bonds. The number of sulfonamides is 1. The van der Waals surface area contributed by atoms with Gasteiger partial charge in [-0.25, -0.2) is 13.1 Å². The highest BCUT2D eigenvalue weighted by atomic mass is 32.2. The van der Waals surface area contributed by atoms with Crippen molar-refractivity contribution in [1.29, 1.82) is 0 Å². The maximum absolute atomic E-state index is 12.8. The molecule has 0 aliphatic carbocycles. The number of amides is 1. The van der Waals surface area contributed by atoms with Crippen LogP contribution in [0, 0.1) is 34.6 Å². The van der Waals surface area contributed by atoms with E-state index in [4.69, 9.17) is 0 Å². The average molecular weight is 425 g/mol. The second-order valence-electron chi connectivity index (χ2n) is 6.90. The first-order valence-corrected chi connectivity index (χ1v) is 11.6. The Bertz CT molecular complexity index is 952. The highest BCUT2D eigenvalue weighted by Gasteiger charge is 2.23. The number of nitrogens with one attached hydrogen (secondary N) is 2. The number of nitrogens with zero attached hydrogens (tertiary/aromatic N) is 2. The van der Waals surface area contributed by atoms with Crippen molar-refractivity contribution in [2.75, 3.05) is 11.9 Å². The van der Waals surface area contributed by atoms with Gasteiger partial charge in [-0.2, -0.15) is 0 Å². The minimum atomic E-state index is -3.71. The summed E-state index contributed by atoms with van der Waals surface area (Å²) in [5, 5.41) is 11.9. The molecule has 28 heavy (non-hydrogen) atoms. The van der Waals surface area contributed by atoms with Gasteiger partial charge in [0, 0.05) is 19.4 Å². The van der Waals surface area contributed by atoms with Crippen molar-refractivity contribution in [2.45, 2.75) is 65.7 Å². The van der Waals surface area contributed by atoms with Gasteiger partial charge in [0.05, 0.1) is 4.90 Å². The number of aromatic nitrogens is 2. The SMILES string of the molecule is CCCc1nnc(NC(=O)CCNS(=O)(=O)c2c(C)c(C)c(C)c(C)c2C)s1. The lowest BCUT2D eigenvalue weighted by atomic mass is 9.95. The molecule has 0 spiro atoms. The molecule has 0 atom stereocenters. The van der Waals surface area contributed by atoms with Crippen LogP contribution in [0.4, 0.5) is 5.13 Å². The van der Waals surface area contributed by atoms with Crippen LogP contribution in [0.2, 0.25) is 0 Å². The van der Waals surface area contributed by atoms with Crippen LogP contribution in [0.25, 0.3) is 0 Å². The summed E-state index contributed by atoms with van der Waals surface area (Å²) in [4.78, 5) is 12.4. The van der Waals surface area contributed by atoms with Gasteiger partial charge >= 0.3 is 0 Å². The third-order valence-electron chi connectivity index (χ3n) is 5.02. The van der Waals surface area contributed by atoms with E-state index in [0.29, 0.717) is 10.0 Å². The number of carbonyl (C=O) groups is 1. The zero-order valence-corrected chi connectivity index (χ0v) is 18.9. The lowest BCUT2D eigenvalue weighted by Gasteiger charge is -2.19. The molecule has 0 unspecified atom stereocenters. The Labute approximate surface area is 171 Å². The zero-order valence-electron chi connectivity index (χ0n) is 17.3. The highest BCUT2D eigenvalue weighted by Crippen LogP contribution is 2.29. The summed E-state index contributed by atoms with van der Waals surface area (Å²) in [6, 6.07) is 0. The molecule has 0 fully saturated rings. The van der Waals surface area contributed by atoms with Crippen molar-refractivity contribution < 1.29 is 13.2 Å². The molecule has 2 rings (SSSR count). The molecular formula is C19H28N4O3S2. The van der Waals surface area contributed by atoms with Crippen LogP contribution in [-0.2, 0) is 21.2 Å². The molecule has 7 nitrogen and oxygen atoms in total. The Morgan fingerprint density at radius 1 is 0.964 bits per heavy atom. The summed E-state index contributed by atoms with van der Waals surface area (Å²) >= 11 is 1.34. The van der Waals surface area contributed by atoms with E-state index in [1.165, 1.54) is 11.3 Å². The van der Waals surface area contributed by atoms with E-state index < -0.39 is 10.0 Å². The molecule has 0 saturated heterocycles. The Kier molecular flexibility index (Phi) is 7.30. The number of hydrogen-bond acceptors (Lipinski definition) is 6. The largest absolute Gasteiger partial charge is 0.300 e. The minimum Gasteiger partial charge on any atom is -0.300 e. The van der Waals surface area contributed by atoms with Crippen molar-refractivity contribution in [3.8, 4) is 0 Å². The van der Waals surface area contributed by atoms with E-state index in [2.05, 4.69) is 20.2 Å². The van der Waals surface area contributed by atoms with Gasteiger partial charge in [0.1, 0.15) is 5.01 Å². The number of aryl methyl sites for hydroxylation is 1. The fourth-order valence-electron chi connectivity index (χ4n) is 3.04. The first-order chi connectivity index (χ1) is 13.1. The minimum absolute atomic E-state index is 0.0135. The van der Waals surface area contributed by atoms with Crippen molar-refractivity contribution in [3.63, 3.8) is 0 Å². The topological polar surface area (TPSA) is 101 Å². The van der Waals surface area contributed by atoms with Gasteiger partial charge < -0.3 is 5.32 Å². The van der Waals surface area contributed by atoms with Crippen LogP contribution in [0.1, 0.15) is 52.6 Å². The number of hydrogen-bond donors (Lipinski definition) is 2. The summed E-state index contributed by atoms with van der Waals surface area (Å²) in [5.41, 5.74) is 4.54. The first kappa shape index (κ1) is 22.4. The molecule has 0 aliphatic heterocycles. The van der Waals surface area contributed by atoms with Crippen LogP contribution >= 0.6 is 11.3 Å². The van der Waals surface area contributed by atoms with Gasteiger partial charge in [-0.15, -0.1) is 10.2 Å². The maximum Gasteiger partial charge on any atom is 0.241 e. The summed E-state index contributed by atoms with van der Waals surface area (Å²) in [7, 11) is -3.71. The van der Waals surface area contributed by atoms with E-state index in [9.17, 15) is 13.2 Å². The van der Waals surface area contributed by atoms with Crippen LogP contribution in [0.3, 0.4) is 0 Å². The summed E-state index contributed by atoms with van der Waals surface area (Å²) in [5.74, 6) is -0.299. The molecule has 1 heterocycles. The molecule has 154 valence electrons. The van der Waals surface area contributed by atoms with Crippen LogP contribution < -0.4 is 10.0 Å². The molecule has 0 aliphatic rings. The summed E-state index contributed by atoms with van der Waals surface area (Å²) in [6.07, 6.45) is 1.80. The predicted molar refractivity (Wildman–Crippen MR) is 112 cm³/mol. The number of benzene rings is 1. The summed E-state index contributed by atoms with van der Waals surface area (Å²) in [6.45, 7) is 11.6. The van der Waals surface area contributed by atoms with Crippen molar-refractivity contribution in [2.24, 2.45) is 0 Å². The monoisotopic (exact) mass is 424 g/mol. The van der Waals surface area contributed by atoms with Crippen molar-refractivity contribution >= 4 is 32.4 Å². The quantitative estimate of drug-likeness (QED) is 0.677. The fourth-order valence-corrected chi connectivity index (χ4v) is 5.53. The van der Waals surface area contributed by atoms with Gasteiger partial charge in [-0.3, -0.25) is 4.79 Å². The molecule has 2 N–H and O–H groups in total. The Hall–Kier alpha value is -1.84. The van der Waals surface area contributed by atoms with E-state index in [-0.39, 0.29) is 18.9 Å². The Morgan fingerprint density at radius 2 is 1.54 bits per heavy atom. The van der Waals surface area contributed by atoms with Crippen molar-refractivity contribution in [3.05, 3.63) is 32.8 Å². The number of anilines is 1. The van der Waals surface area contributed by atoms with Crippen LogP contribution in [-0.4, -0.2) is 31.1 Å². The van der Waals surface area contributed by atoms with Gasteiger partial charge in [-0.05, 0) is 68.9 Å². The van der Waals surface area contributed by atoms with Crippen LogP contribution in [0.5, 0.6) is 0 Å². The molecule has 0 saturated carbocycles.